The van der Waals surface area contributed by atoms with Gasteiger partial charge in [-0.05, 0) is 17.2 Å². The fraction of sp³-hybridized carbons (Fsp3) is 0.143. The molecule has 5 heteroatoms. The maximum atomic E-state index is 14.3. The van der Waals surface area contributed by atoms with Crippen molar-refractivity contribution in [3.63, 3.8) is 0 Å². The van der Waals surface area contributed by atoms with Crippen LogP contribution in [0.25, 0.3) is 0 Å². The predicted octanol–water partition coefficient (Wildman–Crippen LogP) is 3.16. The highest BCUT2D eigenvalue weighted by Gasteiger charge is 2.25. The second kappa shape index (κ2) is 4.31. The predicted molar refractivity (Wildman–Crippen MR) is 76.6 cm³/mol. The highest BCUT2D eigenvalue weighted by Crippen LogP contribution is 2.39. The number of halogens is 2. The van der Waals surface area contributed by atoms with Crippen LogP contribution in [0.1, 0.15) is 11.1 Å². The normalized spacial score (nSPS) is 13.7. The van der Waals surface area contributed by atoms with Crippen LogP contribution >= 0.6 is 11.6 Å². The van der Waals surface area contributed by atoms with Crippen molar-refractivity contribution in [3.8, 4) is 0 Å². The van der Waals surface area contributed by atoms with Gasteiger partial charge in [0.1, 0.15) is 5.02 Å². The van der Waals surface area contributed by atoms with Crippen molar-refractivity contribution in [2.75, 3.05) is 16.4 Å². The number of nitrogen functional groups attached to an aromatic ring is 2. The second-order valence-corrected chi connectivity index (χ2v) is 5.03. The fourth-order valence-electron chi connectivity index (χ4n) is 2.47. The number of anilines is 3. The zero-order valence-electron chi connectivity index (χ0n) is 10.2. The SMILES string of the molecule is Nc1cc(N)c(N2Cc3ccccc3C2)c(F)c1Cl. The largest absolute Gasteiger partial charge is 0.397 e. The van der Waals surface area contributed by atoms with Gasteiger partial charge in [-0.2, -0.15) is 0 Å². The summed E-state index contributed by atoms with van der Waals surface area (Å²) in [4.78, 5) is 1.88. The molecule has 1 heterocycles. The van der Waals surface area contributed by atoms with Gasteiger partial charge in [-0.25, -0.2) is 4.39 Å². The lowest BCUT2D eigenvalue weighted by Crippen LogP contribution is -2.18. The molecule has 1 aliphatic heterocycles. The smallest absolute Gasteiger partial charge is 0.169 e. The maximum Gasteiger partial charge on any atom is 0.169 e. The quantitative estimate of drug-likeness (QED) is 0.787. The molecule has 3 nitrogen and oxygen atoms in total. The molecule has 19 heavy (non-hydrogen) atoms. The summed E-state index contributed by atoms with van der Waals surface area (Å²) in [5, 5.41) is -0.0693. The molecule has 0 aliphatic carbocycles. The topological polar surface area (TPSA) is 55.3 Å². The van der Waals surface area contributed by atoms with E-state index in [1.807, 2.05) is 29.2 Å². The number of benzene rings is 2. The van der Waals surface area contributed by atoms with Crippen molar-refractivity contribution in [2.45, 2.75) is 13.1 Å². The van der Waals surface area contributed by atoms with Gasteiger partial charge in [0.05, 0.1) is 17.1 Å². The molecular formula is C14H13ClFN3. The van der Waals surface area contributed by atoms with Gasteiger partial charge in [0.25, 0.3) is 0 Å². The van der Waals surface area contributed by atoms with Crippen molar-refractivity contribution in [3.05, 3.63) is 52.3 Å². The molecule has 0 radical (unpaired) electrons. The van der Waals surface area contributed by atoms with Crippen LogP contribution in [0, 0.1) is 5.82 Å². The highest BCUT2D eigenvalue weighted by molar-refractivity contribution is 6.33. The summed E-state index contributed by atoms with van der Waals surface area (Å²) in [5.41, 5.74) is 14.6. The fourth-order valence-corrected chi connectivity index (χ4v) is 2.61. The van der Waals surface area contributed by atoms with Gasteiger partial charge in [-0.1, -0.05) is 35.9 Å². The Bertz CT molecular complexity index is 632. The van der Waals surface area contributed by atoms with Crippen LogP contribution in [0.2, 0.25) is 5.02 Å². The van der Waals surface area contributed by atoms with Crippen LogP contribution in [-0.4, -0.2) is 0 Å². The molecule has 0 unspecified atom stereocenters. The molecule has 0 saturated carbocycles. The summed E-state index contributed by atoms with van der Waals surface area (Å²) in [7, 11) is 0. The number of hydrogen-bond donors (Lipinski definition) is 2. The zero-order chi connectivity index (χ0) is 13.6. The van der Waals surface area contributed by atoms with Gasteiger partial charge in [-0.3, -0.25) is 0 Å². The first-order chi connectivity index (χ1) is 9.08. The standard InChI is InChI=1S/C14H13ClFN3/c15-12-10(17)5-11(18)14(13(12)16)19-6-8-3-1-2-4-9(8)7-19/h1-5H,6-7,17-18H2. The summed E-state index contributed by atoms with van der Waals surface area (Å²) >= 11 is 5.86. The van der Waals surface area contributed by atoms with Crippen LogP contribution in [0.5, 0.6) is 0 Å². The van der Waals surface area contributed by atoms with E-state index in [9.17, 15) is 4.39 Å². The molecule has 0 spiro atoms. The molecule has 2 aromatic carbocycles. The molecular weight excluding hydrogens is 265 g/mol. The zero-order valence-corrected chi connectivity index (χ0v) is 10.9. The molecule has 0 saturated heterocycles. The number of rotatable bonds is 1. The van der Waals surface area contributed by atoms with Crippen LogP contribution < -0.4 is 16.4 Å². The lowest BCUT2D eigenvalue weighted by Gasteiger charge is -2.21. The Kier molecular flexibility index (Phi) is 2.75. The highest BCUT2D eigenvalue weighted by atomic mass is 35.5. The van der Waals surface area contributed by atoms with E-state index in [0.29, 0.717) is 24.5 Å². The van der Waals surface area contributed by atoms with E-state index in [2.05, 4.69) is 0 Å². The molecule has 1 aliphatic rings. The lowest BCUT2D eigenvalue weighted by atomic mass is 10.1. The van der Waals surface area contributed by atoms with E-state index in [-0.39, 0.29) is 10.7 Å². The number of fused-ring (bicyclic) bond motifs is 1. The van der Waals surface area contributed by atoms with Gasteiger partial charge in [0.2, 0.25) is 0 Å². The van der Waals surface area contributed by atoms with Crippen molar-refractivity contribution in [1.82, 2.24) is 0 Å². The summed E-state index contributed by atoms with van der Waals surface area (Å²) in [5.74, 6) is -0.549. The van der Waals surface area contributed by atoms with Crippen molar-refractivity contribution in [2.24, 2.45) is 0 Å². The Hall–Kier alpha value is -1.94. The van der Waals surface area contributed by atoms with Crippen molar-refractivity contribution < 1.29 is 4.39 Å². The molecule has 0 amide bonds. The van der Waals surface area contributed by atoms with E-state index in [1.165, 1.54) is 17.2 Å². The molecule has 2 aromatic rings. The minimum atomic E-state index is -0.549. The van der Waals surface area contributed by atoms with E-state index >= 15 is 0 Å². The number of nitrogens with two attached hydrogens (primary N) is 2. The molecule has 0 fully saturated rings. The third kappa shape index (κ3) is 1.88. The Morgan fingerprint density at radius 1 is 1.05 bits per heavy atom. The number of hydrogen-bond acceptors (Lipinski definition) is 3. The van der Waals surface area contributed by atoms with Crippen molar-refractivity contribution in [1.29, 1.82) is 0 Å². The van der Waals surface area contributed by atoms with E-state index in [1.54, 1.807) is 0 Å². The van der Waals surface area contributed by atoms with Gasteiger partial charge < -0.3 is 16.4 Å². The Balaban J connectivity index is 2.04. The Labute approximate surface area is 115 Å². The minimum Gasteiger partial charge on any atom is -0.397 e. The Morgan fingerprint density at radius 3 is 2.21 bits per heavy atom. The van der Waals surface area contributed by atoms with Crippen molar-refractivity contribution >= 4 is 28.7 Å². The molecule has 0 bridgehead atoms. The molecule has 3 rings (SSSR count). The molecule has 98 valence electrons. The minimum absolute atomic E-state index is 0.0693. The molecule has 0 atom stereocenters. The third-order valence-electron chi connectivity index (χ3n) is 3.40. The second-order valence-electron chi connectivity index (χ2n) is 4.66. The van der Waals surface area contributed by atoms with Crippen LogP contribution in [0.4, 0.5) is 21.5 Å². The van der Waals surface area contributed by atoms with Gasteiger partial charge in [0, 0.05) is 13.1 Å². The van der Waals surface area contributed by atoms with E-state index < -0.39 is 5.82 Å². The van der Waals surface area contributed by atoms with E-state index in [4.69, 9.17) is 23.1 Å². The average molecular weight is 278 g/mol. The molecule has 0 aromatic heterocycles. The Morgan fingerprint density at radius 2 is 1.63 bits per heavy atom. The first-order valence-electron chi connectivity index (χ1n) is 5.92. The van der Waals surface area contributed by atoms with Gasteiger partial charge in [-0.15, -0.1) is 0 Å². The van der Waals surface area contributed by atoms with E-state index in [0.717, 1.165) is 0 Å². The monoisotopic (exact) mass is 277 g/mol. The summed E-state index contributed by atoms with van der Waals surface area (Å²) < 4.78 is 14.3. The first kappa shape index (κ1) is 12.1. The third-order valence-corrected chi connectivity index (χ3v) is 3.78. The van der Waals surface area contributed by atoms with Gasteiger partial charge in [0.15, 0.2) is 5.82 Å². The van der Waals surface area contributed by atoms with Gasteiger partial charge >= 0.3 is 0 Å². The number of nitrogens with zero attached hydrogens (tertiary/aromatic N) is 1. The summed E-state index contributed by atoms with van der Waals surface area (Å²) in [6.07, 6.45) is 0. The van der Waals surface area contributed by atoms with Crippen LogP contribution in [0.3, 0.4) is 0 Å². The first-order valence-corrected chi connectivity index (χ1v) is 6.30. The summed E-state index contributed by atoms with van der Waals surface area (Å²) in [6, 6.07) is 9.50. The van der Waals surface area contributed by atoms with Crippen LogP contribution in [0.15, 0.2) is 30.3 Å². The lowest BCUT2D eigenvalue weighted by molar-refractivity contribution is 0.621. The summed E-state index contributed by atoms with van der Waals surface area (Å²) in [6.45, 7) is 1.25. The van der Waals surface area contributed by atoms with Crippen LogP contribution in [-0.2, 0) is 13.1 Å². The maximum absolute atomic E-state index is 14.3. The molecule has 4 N–H and O–H groups in total. The average Bonchev–Trinajstić information content (AvgIpc) is 2.79.